The van der Waals surface area contributed by atoms with Crippen LogP contribution < -0.4 is 20.1 Å². The number of nitrogens with one attached hydrogen (secondary N) is 2. The van der Waals surface area contributed by atoms with Crippen molar-refractivity contribution in [3.05, 3.63) is 48.2 Å². The van der Waals surface area contributed by atoms with Gasteiger partial charge in [0.2, 0.25) is 5.88 Å². The Labute approximate surface area is 161 Å². The van der Waals surface area contributed by atoms with Gasteiger partial charge in [-0.25, -0.2) is 9.98 Å². The Morgan fingerprint density at radius 2 is 1.93 bits per heavy atom. The van der Waals surface area contributed by atoms with Crippen molar-refractivity contribution in [1.29, 1.82) is 0 Å². The highest BCUT2D eigenvalue weighted by Gasteiger charge is 2.21. The largest absolute Gasteiger partial charge is 0.490 e. The zero-order valence-corrected chi connectivity index (χ0v) is 16.1. The maximum Gasteiger partial charge on any atom is 0.219 e. The molecule has 3 rings (SSSR count). The summed E-state index contributed by atoms with van der Waals surface area (Å²) in [5.74, 6) is 3.58. The van der Waals surface area contributed by atoms with Gasteiger partial charge in [0.25, 0.3) is 0 Å². The van der Waals surface area contributed by atoms with E-state index in [1.54, 1.807) is 6.20 Å². The minimum Gasteiger partial charge on any atom is -0.490 e. The minimum absolute atomic E-state index is 0.536. The molecule has 1 heterocycles. The Kier molecular flexibility index (Phi) is 6.90. The van der Waals surface area contributed by atoms with Gasteiger partial charge in [0.05, 0.1) is 13.2 Å². The number of guanidine groups is 1. The van der Waals surface area contributed by atoms with Crippen molar-refractivity contribution in [2.75, 3.05) is 19.7 Å². The summed E-state index contributed by atoms with van der Waals surface area (Å²) in [4.78, 5) is 9.02. The molecule has 1 aromatic carbocycles. The van der Waals surface area contributed by atoms with Crippen LogP contribution in [0, 0.1) is 5.92 Å². The normalized spacial score (nSPS) is 13.9. The fraction of sp³-hybridized carbons (Fsp3) is 0.429. The van der Waals surface area contributed by atoms with Crippen molar-refractivity contribution in [3.8, 4) is 17.4 Å². The average molecular weight is 368 g/mol. The molecule has 0 bridgehead atoms. The molecule has 6 heteroatoms. The van der Waals surface area contributed by atoms with E-state index in [4.69, 9.17) is 9.47 Å². The van der Waals surface area contributed by atoms with Gasteiger partial charge in [-0.05, 0) is 50.3 Å². The first-order chi connectivity index (χ1) is 13.3. The second-order valence-electron chi connectivity index (χ2n) is 6.51. The van der Waals surface area contributed by atoms with Crippen molar-refractivity contribution in [3.63, 3.8) is 0 Å². The molecule has 144 valence electrons. The molecule has 1 fully saturated rings. The first-order valence-electron chi connectivity index (χ1n) is 9.65. The lowest BCUT2D eigenvalue weighted by Gasteiger charge is -2.11. The molecule has 0 saturated heterocycles. The van der Waals surface area contributed by atoms with Gasteiger partial charge in [0.1, 0.15) is 0 Å². The topological polar surface area (TPSA) is 67.8 Å². The fourth-order valence-corrected chi connectivity index (χ4v) is 2.56. The highest BCUT2D eigenvalue weighted by Crippen LogP contribution is 2.30. The molecule has 0 amide bonds. The smallest absolute Gasteiger partial charge is 0.219 e. The second-order valence-corrected chi connectivity index (χ2v) is 6.51. The SMILES string of the molecule is CCNC(=NCc1ccc(Oc2ccccc2OCC)nc1)NCC1CC1. The number of hydrogen-bond donors (Lipinski definition) is 2. The van der Waals surface area contributed by atoms with E-state index in [0.29, 0.717) is 30.5 Å². The maximum atomic E-state index is 5.86. The molecule has 0 atom stereocenters. The summed E-state index contributed by atoms with van der Waals surface area (Å²) in [7, 11) is 0. The summed E-state index contributed by atoms with van der Waals surface area (Å²) in [5, 5.41) is 6.67. The third kappa shape index (κ3) is 6.16. The first-order valence-corrected chi connectivity index (χ1v) is 9.65. The molecule has 27 heavy (non-hydrogen) atoms. The zero-order chi connectivity index (χ0) is 18.9. The van der Waals surface area contributed by atoms with Gasteiger partial charge < -0.3 is 20.1 Å². The molecule has 1 aliphatic carbocycles. The first kappa shape index (κ1) is 19.0. The number of ether oxygens (including phenoxy) is 2. The van der Waals surface area contributed by atoms with Crippen molar-refractivity contribution in [1.82, 2.24) is 15.6 Å². The van der Waals surface area contributed by atoms with Crippen molar-refractivity contribution in [2.24, 2.45) is 10.9 Å². The lowest BCUT2D eigenvalue weighted by atomic mass is 10.3. The maximum absolute atomic E-state index is 5.86. The third-order valence-electron chi connectivity index (χ3n) is 4.18. The Balaban J connectivity index is 1.58. The summed E-state index contributed by atoms with van der Waals surface area (Å²) in [6.07, 6.45) is 4.45. The van der Waals surface area contributed by atoms with E-state index < -0.39 is 0 Å². The van der Waals surface area contributed by atoms with E-state index in [0.717, 1.165) is 30.5 Å². The molecule has 0 radical (unpaired) electrons. The Hall–Kier alpha value is -2.76. The quantitative estimate of drug-likeness (QED) is 0.521. The zero-order valence-electron chi connectivity index (χ0n) is 16.1. The van der Waals surface area contributed by atoms with E-state index in [9.17, 15) is 0 Å². The third-order valence-corrected chi connectivity index (χ3v) is 4.18. The van der Waals surface area contributed by atoms with E-state index in [1.807, 2.05) is 43.3 Å². The van der Waals surface area contributed by atoms with E-state index in [1.165, 1.54) is 12.8 Å². The van der Waals surface area contributed by atoms with Crippen molar-refractivity contribution < 1.29 is 9.47 Å². The second kappa shape index (κ2) is 9.80. The van der Waals surface area contributed by atoms with Crippen molar-refractivity contribution in [2.45, 2.75) is 33.2 Å². The van der Waals surface area contributed by atoms with E-state index in [-0.39, 0.29) is 0 Å². The number of nitrogens with zero attached hydrogens (tertiary/aromatic N) is 2. The number of rotatable bonds is 9. The molecule has 1 aliphatic rings. The van der Waals surface area contributed by atoms with Crippen molar-refractivity contribution >= 4 is 5.96 Å². The highest BCUT2D eigenvalue weighted by atomic mass is 16.5. The lowest BCUT2D eigenvalue weighted by molar-refractivity contribution is 0.319. The summed E-state index contributed by atoms with van der Waals surface area (Å²) in [6.45, 7) is 7.03. The van der Waals surface area contributed by atoms with Crippen LogP contribution in [0.15, 0.2) is 47.6 Å². The van der Waals surface area contributed by atoms with Gasteiger partial charge in [-0.15, -0.1) is 0 Å². The molecule has 6 nitrogen and oxygen atoms in total. The van der Waals surface area contributed by atoms with Gasteiger partial charge in [-0.2, -0.15) is 0 Å². The van der Waals surface area contributed by atoms with Crippen LogP contribution in [0.1, 0.15) is 32.3 Å². The number of benzene rings is 1. The van der Waals surface area contributed by atoms with Crippen LogP contribution >= 0.6 is 0 Å². The fourth-order valence-electron chi connectivity index (χ4n) is 2.56. The van der Waals surface area contributed by atoms with Crippen LogP contribution in [-0.2, 0) is 6.54 Å². The Morgan fingerprint density at radius 1 is 1.11 bits per heavy atom. The van der Waals surface area contributed by atoms with Crippen LogP contribution in [0.5, 0.6) is 17.4 Å². The van der Waals surface area contributed by atoms with E-state index in [2.05, 4.69) is 27.5 Å². The van der Waals surface area contributed by atoms with E-state index >= 15 is 0 Å². The number of aromatic nitrogens is 1. The summed E-state index contributed by atoms with van der Waals surface area (Å²) < 4.78 is 11.4. The summed E-state index contributed by atoms with van der Waals surface area (Å²) in [6, 6.07) is 11.4. The van der Waals surface area contributed by atoms with Crippen LogP contribution in [0.3, 0.4) is 0 Å². The molecular formula is C21H28N4O2. The summed E-state index contributed by atoms with van der Waals surface area (Å²) in [5.41, 5.74) is 1.03. The van der Waals surface area contributed by atoms with Gasteiger partial charge in [-0.3, -0.25) is 0 Å². The standard InChI is InChI=1S/C21H28N4O2/c1-3-22-21(24-13-16-9-10-16)25-15-17-11-12-20(23-14-17)27-19-8-6-5-7-18(19)26-4-2/h5-8,11-12,14,16H,3-4,9-10,13,15H2,1-2H3,(H2,22,24,25). The molecule has 0 unspecified atom stereocenters. The Bertz CT molecular complexity index is 742. The Morgan fingerprint density at radius 3 is 2.59 bits per heavy atom. The molecule has 2 aromatic rings. The molecule has 0 spiro atoms. The average Bonchev–Trinajstić information content (AvgIpc) is 3.51. The molecule has 1 saturated carbocycles. The van der Waals surface area contributed by atoms with Gasteiger partial charge in [0, 0.05) is 25.4 Å². The molecular weight excluding hydrogens is 340 g/mol. The summed E-state index contributed by atoms with van der Waals surface area (Å²) >= 11 is 0. The minimum atomic E-state index is 0.536. The van der Waals surface area contributed by atoms with Gasteiger partial charge in [0.15, 0.2) is 17.5 Å². The monoisotopic (exact) mass is 368 g/mol. The van der Waals surface area contributed by atoms with Crippen LogP contribution in [0.2, 0.25) is 0 Å². The number of para-hydroxylation sites is 2. The van der Waals surface area contributed by atoms with Gasteiger partial charge >= 0.3 is 0 Å². The molecule has 1 aromatic heterocycles. The number of aliphatic imine (C=N–C) groups is 1. The number of pyridine rings is 1. The highest BCUT2D eigenvalue weighted by molar-refractivity contribution is 5.79. The predicted octanol–water partition coefficient (Wildman–Crippen LogP) is 3.74. The molecule has 2 N–H and O–H groups in total. The van der Waals surface area contributed by atoms with Crippen LogP contribution in [-0.4, -0.2) is 30.6 Å². The van der Waals surface area contributed by atoms with Gasteiger partial charge in [-0.1, -0.05) is 18.2 Å². The number of hydrogen-bond acceptors (Lipinski definition) is 4. The molecule has 0 aliphatic heterocycles. The van der Waals surface area contributed by atoms with Crippen LogP contribution in [0.25, 0.3) is 0 Å². The lowest BCUT2D eigenvalue weighted by Crippen LogP contribution is -2.38. The predicted molar refractivity (Wildman–Crippen MR) is 107 cm³/mol. The van der Waals surface area contributed by atoms with Crippen LogP contribution in [0.4, 0.5) is 0 Å².